The molecule has 0 radical (unpaired) electrons. The first-order chi connectivity index (χ1) is 9.74. The zero-order valence-electron chi connectivity index (χ0n) is 11.3. The summed E-state index contributed by atoms with van der Waals surface area (Å²) in [7, 11) is 0. The van der Waals surface area contributed by atoms with Gasteiger partial charge in [-0.3, -0.25) is 9.59 Å². The average Bonchev–Trinajstić information content (AvgIpc) is 2.41. The van der Waals surface area contributed by atoms with E-state index < -0.39 is 0 Å². The highest BCUT2D eigenvalue weighted by molar-refractivity contribution is 5.82. The average molecular weight is 270 g/mol. The van der Waals surface area contributed by atoms with Crippen LogP contribution in [0.3, 0.4) is 0 Å². The molecule has 0 atom stereocenters. The minimum Gasteiger partial charge on any atom is -0.354 e. The van der Waals surface area contributed by atoms with E-state index in [1.54, 1.807) is 12.3 Å². The van der Waals surface area contributed by atoms with E-state index in [4.69, 9.17) is 0 Å². The number of hydrogen-bond acceptors (Lipinski definition) is 2. The third-order valence-corrected chi connectivity index (χ3v) is 4.01. The van der Waals surface area contributed by atoms with Crippen molar-refractivity contribution >= 4 is 16.8 Å². The molecule has 104 valence electrons. The summed E-state index contributed by atoms with van der Waals surface area (Å²) in [5.41, 5.74) is 0.797. The molecule has 0 bridgehead atoms. The molecule has 1 fully saturated rings. The molecule has 20 heavy (non-hydrogen) atoms. The van der Waals surface area contributed by atoms with Gasteiger partial charge in [-0.05, 0) is 30.9 Å². The predicted molar refractivity (Wildman–Crippen MR) is 78.6 cm³/mol. The molecular weight excluding hydrogens is 252 g/mol. The Morgan fingerprint density at radius 2 is 2.05 bits per heavy atom. The maximum atomic E-state index is 12.0. The van der Waals surface area contributed by atoms with Gasteiger partial charge in [0, 0.05) is 24.2 Å². The lowest BCUT2D eigenvalue weighted by molar-refractivity contribution is -0.121. The SMILES string of the molecule is O=C(Cn1ccc(=O)c2ccccc21)NCC1CCC1. The van der Waals surface area contributed by atoms with Crippen molar-refractivity contribution in [3.05, 3.63) is 46.8 Å². The zero-order valence-corrected chi connectivity index (χ0v) is 11.3. The van der Waals surface area contributed by atoms with E-state index in [9.17, 15) is 9.59 Å². The zero-order chi connectivity index (χ0) is 13.9. The molecule has 1 N–H and O–H groups in total. The summed E-state index contributed by atoms with van der Waals surface area (Å²) in [6.45, 7) is 1.03. The van der Waals surface area contributed by atoms with E-state index >= 15 is 0 Å². The van der Waals surface area contributed by atoms with Crippen LogP contribution < -0.4 is 10.7 Å². The number of amides is 1. The van der Waals surface area contributed by atoms with Crippen LogP contribution in [0.2, 0.25) is 0 Å². The first-order valence-corrected chi connectivity index (χ1v) is 7.09. The van der Waals surface area contributed by atoms with Crippen molar-refractivity contribution in [2.24, 2.45) is 5.92 Å². The summed E-state index contributed by atoms with van der Waals surface area (Å²) in [6, 6.07) is 8.90. The highest BCUT2D eigenvalue weighted by atomic mass is 16.2. The second-order valence-corrected chi connectivity index (χ2v) is 5.43. The molecule has 0 unspecified atom stereocenters. The van der Waals surface area contributed by atoms with Crippen LogP contribution in [0.5, 0.6) is 0 Å². The minimum atomic E-state index is -0.00766. The monoisotopic (exact) mass is 270 g/mol. The molecular formula is C16H18N2O2. The summed E-state index contributed by atoms with van der Waals surface area (Å²) in [6.07, 6.45) is 5.42. The van der Waals surface area contributed by atoms with Crippen LogP contribution in [0.15, 0.2) is 41.3 Å². The Hall–Kier alpha value is -2.10. The van der Waals surface area contributed by atoms with Crippen LogP contribution in [0, 0.1) is 5.92 Å². The van der Waals surface area contributed by atoms with Gasteiger partial charge in [0.1, 0.15) is 6.54 Å². The number of rotatable bonds is 4. The molecule has 1 aliphatic carbocycles. The van der Waals surface area contributed by atoms with Gasteiger partial charge >= 0.3 is 0 Å². The number of aromatic nitrogens is 1. The number of nitrogens with one attached hydrogen (secondary N) is 1. The third kappa shape index (κ3) is 2.59. The number of hydrogen-bond donors (Lipinski definition) is 1. The number of nitrogens with zero attached hydrogens (tertiary/aromatic N) is 1. The van der Waals surface area contributed by atoms with Crippen molar-refractivity contribution in [2.45, 2.75) is 25.8 Å². The molecule has 2 aromatic rings. The Kier molecular flexibility index (Phi) is 3.54. The maximum absolute atomic E-state index is 12.0. The molecule has 0 aliphatic heterocycles. The van der Waals surface area contributed by atoms with Crippen LogP contribution in [-0.4, -0.2) is 17.0 Å². The lowest BCUT2D eigenvalue weighted by Crippen LogP contribution is -2.34. The largest absolute Gasteiger partial charge is 0.354 e. The number of fused-ring (bicyclic) bond motifs is 1. The van der Waals surface area contributed by atoms with Crippen LogP contribution in [0.4, 0.5) is 0 Å². The van der Waals surface area contributed by atoms with Crippen molar-refractivity contribution in [3.8, 4) is 0 Å². The summed E-state index contributed by atoms with van der Waals surface area (Å²) >= 11 is 0. The van der Waals surface area contributed by atoms with E-state index in [0.29, 0.717) is 11.3 Å². The van der Waals surface area contributed by atoms with Crippen LogP contribution >= 0.6 is 0 Å². The van der Waals surface area contributed by atoms with E-state index in [1.807, 2.05) is 22.8 Å². The Balaban J connectivity index is 1.75. The number of pyridine rings is 1. The summed E-state index contributed by atoms with van der Waals surface area (Å²) in [5.74, 6) is 0.662. The smallest absolute Gasteiger partial charge is 0.239 e. The molecule has 1 aromatic carbocycles. The summed E-state index contributed by atoms with van der Waals surface area (Å²) in [4.78, 5) is 23.7. The van der Waals surface area contributed by atoms with Crippen LogP contribution in [0.25, 0.3) is 10.9 Å². The van der Waals surface area contributed by atoms with Gasteiger partial charge in [-0.25, -0.2) is 0 Å². The van der Waals surface area contributed by atoms with Gasteiger partial charge in [0.2, 0.25) is 5.91 Å². The van der Waals surface area contributed by atoms with Crippen LogP contribution in [0.1, 0.15) is 19.3 Å². The van der Waals surface area contributed by atoms with E-state index in [2.05, 4.69) is 5.32 Å². The molecule has 1 aliphatic rings. The van der Waals surface area contributed by atoms with Gasteiger partial charge in [-0.2, -0.15) is 0 Å². The fraction of sp³-hybridized carbons (Fsp3) is 0.375. The summed E-state index contributed by atoms with van der Waals surface area (Å²) < 4.78 is 1.83. The van der Waals surface area contributed by atoms with Gasteiger partial charge in [-0.1, -0.05) is 18.6 Å². The lowest BCUT2D eigenvalue weighted by Gasteiger charge is -2.25. The Bertz CT molecular complexity index is 686. The van der Waals surface area contributed by atoms with Gasteiger partial charge in [0.05, 0.1) is 5.52 Å². The first-order valence-electron chi connectivity index (χ1n) is 7.09. The molecule has 0 spiro atoms. The number of carbonyl (C=O) groups is 1. The van der Waals surface area contributed by atoms with Crippen molar-refractivity contribution in [1.29, 1.82) is 0 Å². The van der Waals surface area contributed by atoms with Gasteiger partial charge in [0.15, 0.2) is 5.43 Å². The normalized spacial score (nSPS) is 15.0. The number of benzene rings is 1. The van der Waals surface area contributed by atoms with Crippen molar-refractivity contribution < 1.29 is 4.79 Å². The van der Waals surface area contributed by atoms with E-state index in [-0.39, 0.29) is 17.9 Å². The van der Waals surface area contributed by atoms with E-state index in [0.717, 1.165) is 12.1 Å². The molecule has 0 saturated heterocycles. The van der Waals surface area contributed by atoms with E-state index in [1.165, 1.54) is 25.3 Å². The summed E-state index contributed by atoms with van der Waals surface area (Å²) in [5, 5.41) is 3.63. The standard InChI is InChI=1S/C16H18N2O2/c19-15-8-9-18(14-7-2-1-6-13(14)15)11-16(20)17-10-12-4-3-5-12/h1-2,6-9,12H,3-5,10-11H2,(H,17,20). The maximum Gasteiger partial charge on any atom is 0.239 e. The fourth-order valence-electron chi connectivity index (χ4n) is 2.56. The molecule has 4 heteroatoms. The Morgan fingerprint density at radius 3 is 2.80 bits per heavy atom. The Morgan fingerprint density at radius 1 is 1.25 bits per heavy atom. The second kappa shape index (κ2) is 5.49. The molecule has 1 heterocycles. The third-order valence-electron chi connectivity index (χ3n) is 4.01. The van der Waals surface area contributed by atoms with Crippen molar-refractivity contribution in [1.82, 2.24) is 9.88 Å². The van der Waals surface area contributed by atoms with Crippen molar-refractivity contribution in [3.63, 3.8) is 0 Å². The second-order valence-electron chi connectivity index (χ2n) is 5.43. The van der Waals surface area contributed by atoms with Gasteiger partial charge in [-0.15, -0.1) is 0 Å². The number of para-hydroxylation sites is 1. The minimum absolute atomic E-state index is 0.00528. The Labute approximate surface area is 117 Å². The highest BCUT2D eigenvalue weighted by Gasteiger charge is 2.17. The number of carbonyl (C=O) groups excluding carboxylic acids is 1. The van der Waals surface area contributed by atoms with Gasteiger partial charge in [0.25, 0.3) is 0 Å². The molecule has 1 saturated carbocycles. The predicted octanol–water partition coefficient (Wildman–Crippen LogP) is 1.92. The first kappa shape index (κ1) is 12.9. The van der Waals surface area contributed by atoms with Crippen molar-refractivity contribution in [2.75, 3.05) is 6.54 Å². The lowest BCUT2D eigenvalue weighted by atomic mass is 9.85. The van der Waals surface area contributed by atoms with Gasteiger partial charge < -0.3 is 9.88 Å². The van der Waals surface area contributed by atoms with Crippen LogP contribution in [-0.2, 0) is 11.3 Å². The highest BCUT2D eigenvalue weighted by Crippen LogP contribution is 2.25. The molecule has 3 rings (SSSR count). The molecule has 1 amide bonds. The fourth-order valence-corrected chi connectivity index (χ4v) is 2.56. The molecule has 4 nitrogen and oxygen atoms in total. The molecule has 1 aromatic heterocycles. The quantitative estimate of drug-likeness (QED) is 0.922. The topological polar surface area (TPSA) is 51.1 Å².